The number of aromatic amines is 1. The molecular weight excluding hydrogens is 274 g/mol. The van der Waals surface area contributed by atoms with Crippen LogP contribution in [0.3, 0.4) is 0 Å². The fourth-order valence-corrected chi connectivity index (χ4v) is 3.09. The van der Waals surface area contributed by atoms with Gasteiger partial charge in [0.25, 0.3) is 0 Å². The lowest BCUT2D eigenvalue weighted by atomic mass is 10.0. The third-order valence-corrected chi connectivity index (χ3v) is 4.20. The second-order valence-corrected chi connectivity index (χ2v) is 6.23. The van der Waals surface area contributed by atoms with Gasteiger partial charge in [-0.05, 0) is 18.6 Å². The molecule has 0 saturated carbocycles. The molecule has 0 bridgehead atoms. The molecule has 2 aromatic heterocycles. The third-order valence-electron chi connectivity index (χ3n) is 3.73. The van der Waals surface area contributed by atoms with Gasteiger partial charge in [0.1, 0.15) is 11.2 Å². The van der Waals surface area contributed by atoms with Crippen LogP contribution in [0.4, 0.5) is 10.2 Å². The van der Waals surface area contributed by atoms with E-state index in [2.05, 4.69) is 31.3 Å². The average molecular weight is 292 g/mol. The molecule has 20 heavy (non-hydrogen) atoms. The summed E-state index contributed by atoms with van der Waals surface area (Å²) in [7, 11) is 2.32. The Kier molecular flexibility index (Phi) is 3.47. The highest BCUT2D eigenvalue weighted by Gasteiger charge is 2.35. The first-order valence-corrected chi connectivity index (χ1v) is 7.39. The molecule has 0 aromatic carbocycles. The van der Waals surface area contributed by atoms with Crippen LogP contribution in [0.5, 0.6) is 0 Å². The summed E-state index contributed by atoms with van der Waals surface area (Å²) in [5, 5.41) is 5.79. The Hall–Kier alpha value is -1.48. The number of pyridine rings is 1. The van der Waals surface area contributed by atoms with Crippen molar-refractivity contribution in [3.05, 3.63) is 30.1 Å². The lowest BCUT2D eigenvalue weighted by Gasteiger charge is -2.22. The summed E-state index contributed by atoms with van der Waals surface area (Å²) in [6.45, 7) is 3.18. The molecule has 1 saturated heterocycles. The molecule has 0 radical (unpaired) electrons. The summed E-state index contributed by atoms with van der Waals surface area (Å²) in [6.07, 6.45) is 4.90. The van der Waals surface area contributed by atoms with Crippen LogP contribution in [-0.4, -0.2) is 33.7 Å². The minimum atomic E-state index is -1.20. The van der Waals surface area contributed by atoms with E-state index in [9.17, 15) is 4.39 Å². The number of anilines is 1. The number of hydrogen-bond donors (Lipinski definition) is 1. The summed E-state index contributed by atoms with van der Waals surface area (Å²) >= 11 is 0. The number of nitrogens with one attached hydrogen (secondary N) is 1. The summed E-state index contributed by atoms with van der Waals surface area (Å²) in [6, 6.07) is 3.92. The normalized spacial score (nSPS) is 22.4. The molecule has 1 N–H and O–H groups in total. The van der Waals surface area contributed by atoms with E-state index >= 15 is 0 Å². The molecule has 1 fully saturated rings. The Morgan fingerprint density at radius 1 is 1.45 bits per heavy atom. The topological polar surface area (TPSA) is 44.8 Å². The van der Waals surface area contributed by atoms with Crippen molar-refractivity contribution in [3.8, 4) is 11.3 Å². The van der Waals surface area contributed by atoms with Crippen molar-refractivity contribution in [2.24, 2.45) is 0 Å². The van der Waals surface area contributed by atoms with Crippen molar-refractivity contribution >= 4 is 15.1 Å². The number of hydrogen-bond acceptors (Lipinski definition) is 3. The molecule has 106 valence electrons. The Morgan fingerprint density at radius 3 is 2.90 bits per heavy atom. The van der Waals surface area contributed by atoms with Crippen LogP contribution < -0.4 is 4.90 Å². The lowest BCUT2D eigenvalue weighted by molar-refractivity contribution is 0.318. The third kappa shape index (κ3) is 2.42. The van der Waals surface area contributed by atoms with Crippen molar-refractivity contribution < 1.29 is 4.39 Å². The molecule has 1 aliphatic rings. The van der Waals surface area contributed by atoms with Crippen LogP contribution in [0.2, 0.25) is 0 Å². The van der Waals surface area contributed by atoms with Gasteiger partial charge in [-0.2, -0.15) is 5.10 Å². The van der Waals surface area contributed by atoms with Crippen molar-refractivity contribution in [1.82, 2.24) is 15.2 Å². The van der Waals surface area contributed by atoms with Gasteiger partial charge in [-0.25, -0.2) is 9.37 Å². The molecule has 0 aliphatic carbocycles. The highest BCUT2D eigenvalue weighted by Crippen LogP contribution is 2.37. The first-order valence-electron chi connectivity index (χ1n) is 6.81. The van der Waals surface area contributed by atoms with Crippen LogP contribution in [0.25, 0.3) is 11.3 Å². The monoisotopic (exact) mass is 292 g/mol. The van der Waals surface area contributed by atoms with Gasteiger partial charge in [-0.1, -0.05) is 16.2 Å². The Labute approximate surface area is 120 Å². The predicted octanol–water partition coefficient (Wildman–Crippen LogP) is 2.79. The minimum absolute atomic E-state index is 0.379. The van der Waals surface area contributed by atoms with Crippen molar-refractivity contribution in [2.75, 3.05) is 18.0 Å². The van der Waals surface area contributed by atoms with Crippen molar-refractivity contribution in [1.29, 1.82) is 0 Å². The van der Waals surface area contributed by atoms with Crippen molar-refractivity contribution in [2.45, 2.75) is 25.2 Å². The van der Waals surface area contributed by atoms with Gasteiger partial charge >= 0.3 is 0 Å². The zero-order chi connectivity index (χ0) is 14.2. The Bertz CT molecular complexity index is 597. The zero-order valence-electron chi connectivity index (χ0n) is 11.4. The van der Waals surface area contributed by atoms with Crippen LogP contribution >= 0.6 is 9.24 Å². The van der Waals surface area contributed by atoms with Crippen LogP contribution in [0, 0.1) is 0 Å². The zero-order valence-corrected chi connectivity index (χ0v) is 12.6. The fraction of sp³-hybridized carbons (Fsp3) is 0.429. The fourth-order valence-electron chi connectivity index (χ4n) is 2.74. The molecule has 2 aromatic rings. The maximum atomic E-state index is 14.0. The van der Waals surface area contributed by atoms with E-state index < -0.39 is 5.41 Å². The van der Waals surface area contributed by atoms with E-state index in [-0.39, 0.29) is 0 Å². The maximum absolute atomic E-state index is 14.0. The van der Waals surface area contributed by atoms with Crippen molar-refractivity contribution in [3.63, 3.8) is 0 Å². The second-order valence-electron chi connectivity index (χ2n) is 5.19. The molecule has 4 nitrogen and oxygen atoms in total. The van der Waals surface area contributed by atoms with Gasteiger partial charge in [0.05, 0.1) is 12.2 Å². The minimum Gasteiger partial charge on any atom is -0.353 e. The van der Waals surface area contributed by atoms with Gasteiger partial charge < -0.3 is 4.90 Å². The first kappa shape index (κ1) is 13.5. The molecule has 0 amide bonds. The number of aromatic nitrogens is 3. The van der Waals surface area contributed by atoms with E-state index in [0.29, 0.717) is 19.5 Å². The molecule has 3 heterocycles. The maximum Gasteiger partial charge on any atom is 0.142 e. The molecule has 2 atom stereocenters. The lowest BCUT2D eigenvalue weighted by Crippen LogP contribution is -2.25. The highest BCUT2D eigenvalue weighted by molar-refractivity contribution is 7.18. The van der Waals surface area contributed by atoms with Gasteiger partial charge in [0.2, 0.25) is 0 Å². The number of halogens is 1. The van der Waals surface area contributed by atoms with Crippen LogP contribution in [-0.2, 0) is 6.42 Å². The first-order chi connectivity index (χ1) is 9.61. The predicted molar refractivity (Wildman–Crippen MR) is 81.6 cm³/mol. The SMILES string of the molecule is CCc1c(-c2ccn[nH]2)ccnc1N1CCC(F)(P)C1. The smallest absolute Gasteiger partial charge is 0.142 e. The van der Waals surface area contributed by atoms with Gasteiger partial charge in [-0.3, -0.25) is 5.10 Å². The van der Waals surface area contributed by atoms with E-state index in [1.807, 2.05) is 17.0 Å². The highest BCUT2D eigenvalue weighted by atomic mass is 31.0. The van der Waals surface area contributed by atoms with E-state index in [0.717, 1.165) is 29.1 Å². The van der Waals surface area contributed by atoms with E-state index in [4.69, 9.17) is 0 Å². The summed E-state index contributed by atoms with van der Waals surface area (Å²) in [5.74, 6) is 0.890. The number of nitrogens with zero attached hydrogens (tertiary/aromatic N) is 3. The van der Waals surface area contributed by atoms with Crippen LogP contribution in [0.1, 0.15) is 18.9 Å². The van der Waals surface area contributed by atoms with Gasteiger partial charge in [-0.15, -0.1) is 0 Å². The molecular formula is C14H18FN4P. The molecule has 1 aliphatic heterocycles. The summed E-state index contributed by atoms with van der Waals surface area (Å²) in [5.41, 5.74) is 3.21. The second kappa shape index (κ2) is 5.13. The quantitative estimate of drug-likeness (QED) is 0.885. The molecule has 0 spiro atoms. The van der Waals surface area contributed by atoms with Crippen LogP contribution in [0.15, 0.2) is 24.5 Å². The largest absolute Gasteiger partial charge is 0.353 e. The van der Waals surface area contributed by atoms with E-state index in [1.165, 1.54) is 0 Å². The Morgan fingerprint density at radius 2 is 2.30 bits per heavy atom. The molecule has 2 unspecified atom stereocenters. The molecule has 3 rings (SSSR count). The number of H-pyrrole nitrogens is 1. The molecule has 6 heteroatoms. The summed E-state index contributed by atoms with van der Waals surface area (Å²) in [4.78, 5) is 6.52. The van der Waals surface area contributed by atoms with E-state index in [1.54, 1.807) is 12.4 Å². The number of rotatable bonds is 3. The van der Waals surface area contributed by atoms with Gasteiger partial charge in [0, 0.05) is 36.5 Å². The van der Waals surface area contributed by atoms with Gasteiger partial charge in [0.15, 0.2) is 0 Å². The Balaban J connectivity index is 2.02. The standard InChI is InChI=1S/C14H18FN4P/c1-2-10-11(12-4-7-17-18-12)3-6-16-13(10)19-8-5-14(15,20)9-19/h3-4,6-7H,2,5,8-9,20H2,1H3,(H,17,18). The summed E-state index contributed by atoms with van der Waals surface area (Å²) < 4.78 is 14.0. The number of alkyl halides is 1. The average Bonchev–Trinajstić information content (AvgIpc) is 3.07.